The molecule has 0 unspecified atom stereocenters. The number of amides is 7. The lowest BCUT2D eigenvalue weighted by Crippen LogP contribution is -2.61. The fraction of sp³-hybridized carbons (Fsp3) is 0.732. The van der Waals surface area contributed by atoms with E-state index in [1.54, 1.807) is 41.5 Å². The summed E-state index contributed by atoms with van der Waals surface area (Å²) in [5.41, 5.74) is 11.5. The molecule has 0 fully saturated rings. The van der Waals surface area contributed by atoms with Gasteiger partial charge in [0, 0.05) is 12.8 Å². The van der Waals surface area contributed by atoms with Gasteiger partial charge in [-0.1, -0.05) is 54.4 Å². The second-order valence-electron chi connectivity index (χ2n) is 16.9. The van der Waals surface area contributed by atoms with Gasteiger partial charge in [-0.15, -0.1) is 0 Å². The van der Waals surface area contributed by atoms with Gasteiger partial charge >= 0.3 is 23.9 Å². The van der Waals surface area contributed by atoms with Crippen LogP contribution in [0.2, 0.25) is 0 Å². The maximum Gasteiger partial charge on any atom is 0.326 e. The van der Waals surface area contributed by atoms with Crippen molar-refractivity contribution < 1.29 is 78.3 Å². The zero-order valence-electron chi connectivity index (χ0n) is 38.4. The highest BCUT2D eigenvalue weighted by Crippen LogP contribution is 2.13. The van der Waals surface area contributed by atoms with Gasteiger partial charge in [-0.25, -0.2) is 4.79 Å². The van der Waals surface area contributed by atoms with Crippen molar-refractivity contribution in [2.24, 2.45) is 29.2 Å². The molecule has 66 heavy (non-hydrogen) atoms. The quantitative estimate of drug-likeness (QED) is 0.0291. The summed E-state index contributed by atoms with van der Waals surface area (Å²) < 4.78 is 0. The number of nitrogens with one attached hydrogen (secondary N) is 7. The van der Waals surface area contributed by atoms with E-state index in [9.17, 15) is 78.3 Å². The highest BCUT2D eigenvalue weighted by Gasteiger charge is 2.36. The summed E-state index contributed by atoms with van der Waals surface area (Å²) in [6.45, 7) is 9.57. The molecule has 7 amide bonds. The number of carboxylic acids is 4. The number of nitrogens with two attached hydrogens (primary N) is 2. The number of carbonyl (C=O) groups is 11. The van der Waals surface area contributed by atoms with Crippen LogP contribution in [0.3, 0.4) is 0 Å². The Balaban J connectivity index is 6.47. The van der Waals surface area contributed by atoms with Crippen LogP contribution in [0.1, 0.15) is 112 Å². The van der Waals surface area contributed by atoms with Gasteiger partial charge in [-0.05, 0) is 62.8 Å². The minimum absolute atomic E-state index is 0.0716. The number of carbonyl (C=O) groups excluding carboxylic acids is 7. The molecule has 0 aromatic carbocycles. The van der Waals surface area contributed by atoms with E-state index in [1.807, 2.05) is 0 Å². The van der Waals surface area contributed by atoms with Crippen LogP contribution >= 0.6 is 0 Å². The minimum Gasteiger partial charge on any atom is -0.481 e. The highest BCUT2D eigenvalue weighted by molar-refractivity contribution is 5.98. The molecule has 0 aliphatic heterocycles. The third-order valence-corrected chi connectivity index (χ3v) is 10.1. The summed E-state index contributed by atoms with van der Waals surface area (Å²) in [7, 11) is 0. The lowest BCUT2D eigenvalue weighted by atomic mass is 9.96. The fourth-order valence-electron chi connectivity index (χ4n) is 6.27. The number of rotatable bonds is 34. The normalized spacial score (nSPS) is 15.3. The Labute approximate surface area is 383 Å². The number of aliphatic hydroxyl groups is 1. The van der Waals surface area contributed by atoms with Gasteiger partial charge in [-0.2, -0.15) is 0 Å². The third-order valence-electron chi connectivity index (χ3n) is 10.1. The molecule has 376 valence electrons. The summed E-state index contributed by atoms with van der Waals surface area (Å²) >= 11 is 0. The van der Waals surface area contributed by atoms with E-state index in [1.165, 1.54) is 0 Å². The molecular weight excluding hydrogens is 874 g/mol. The van der Waals surface area contributed by atoms with E-state index in [0.29, 0.717) is 32.2 Å². The van der Waals surface area contributed by atoms with E-state index in [-0.39, 0.29) is 24.7 Å². The molecule has 0 bridgehead atoms. The average Bonchev–Trinajstić information content (AvgIpc) is 3.22. The number of aliphatic carboxylic acids is 4. The van der Waals surface area contributed by atoms with Crippen molar-refractivity contribution in [2.75, 3.05) is 13.2 Å². The highest BCUT2D eigenvalue weighted by atomic mass is 16.4. The Hall–Kier alpha value is -5.95. The predicted molar refractivity (Wildman–Crippen MR) is 233 cm³/mol. The molecule has 0 aromatic rings. The Morgan fingerprint density at radius 1 is 0.485 bits per heavy atom. The molecule has 0 saturated heterocycles. The van der Waals surface area contributed by atoms with Crippen LogP contribution in [0.15, 0.2) is 0 Å². The monoisotopic (exact) mass is 946 g/mol. The third kappa shape index (κ3) is 23.8. The molecule has 0 radical (unpaired) electrons. The molecule has 25 nitrogen and oxygen atoms in total. The van der Waals surface area contributed by atoms with Crippen LogP contribution in [0.25, 0.3) is 0 Å². The minimum atomic E-state index is -1.93. The molecule has 0 rings (SSSR count). The van der Waals surface area contributed by atoms with Crippen LogP contribution in [0, 0.1) is 17.8 Å². The van der Waals surface area contributed by atoms with Crippen LogP contribution in [-0.2, 0) is 52.7 Å². The lowest BCUT2D eigenvalue weighted by molar-refractivity contribution is -0.144. The topological polar surface area (TPSA) is 425 Å². The summed E-state index contributed by atoms with van der Waals surface area (Å²) in [5, 5.41) is 64.0. The molecule has 9 atom stereocenters. The summed E-state index contributed by atoms with van der Waals surface area (Å²) in [4.78, 5) is 140. The summed E-state index contributed by atoms with van der Waals surface area (Å²) in [6.07, 6.45) is -2.03. The first-order valence-corrected chi connectivity index (χ1v) is 21.8. The Kier molecular flexibility index (Phi) is 28.3. The van der Waals surface area contributed by atoms with Crippen molar-refractivity contribution in [3.05, 3.63) is 0 Å². The maximum absolute atomic E-state index is 13.7. The van der Waals surface area contributed by atoms with Gasteiger partial charge in [0.05, 0.1) is 19.1 Å². The van der Waals surface area contributed by atoms with Gasteiger partial charge < -0.3 is 74.2 Å². The predicted octanol–water partition coefficient (Wildman–Crippen LogP) is -2.74. The van der Waals surface area contributed by atoms with E-state index >= 15 is 0 Å². The van der Waals surface area contributed by atoms with Crippen LogP contribution in [-0.4, -0.2) is 152 Å². The van der Waals surface area contributed by atoms with Crippen molar-refractivity contribution in [1.29, 1.82) is 0 Å². The number of hydrogen-bond acceptors (Lipinski definition) is 14. The van der Waals surface area contributed by atoms with Crippen LogP contribution in [0.5, 0.6) is 0 Å². The van der Waals surface area contributed by atoms with Gasteiger partial charge in [0.15, 0.2) is 0 Å². The molecule has 0 heterocycles. The number of hydrogen-bond donors (Lipinski definition) is 14. The Morgan fingerprint density at radius 2 is 0.894 bits per heavy atom. The largest absolute Gasteiger partial charge is 0.481 e. The van der Waals surface area contributed by atoms with E-state index in [0.717, 1.165) is 0 Å². The second-order valence-corrected chi connectivity index (χ2v) is 16.9. The van der Waals surface area contributed by atoms with Crippen LogP contribution in [0.4, 0.5) is 0 Å². The standard InChI is InChI=1S/C41H71N9O16/c1-7-22(6)33(50-38(62)26(16-20(2)3)46-34(58)23(43)10-8-9-15-42)40(64)49-29(19-51)39(63)45-24(11-13-30(52)53)35(59)44-25(12-14-31(54)55)36(60)47-27(18-32(56)57)37(61)48-28(41(65)66)17-21(4)5/h20-29,33,51H,7-19,42-43H2,1-6H3,(H,44,59)(H,45,63)(H,46,58)(H,47,60)(H,48,61)(H,49,64)(H,50,62)(H,52,53)(H,54,55)(H,56,57)(H,65,66)/t22-,23-,24-,25-,26-,27-,28-,29-,33-/m0/s1. The molecule has 0 aliphatic carbocycles. The molecular formula is C41H71N9O16. The van der Waals surface area contributed by atoms with Crippen molar-refractivity contribution in [2.45, 2.75) is 161 Å². The van der Waals surface area contributed by atoms with Gasteiger partial charge in [0.1, 0.15) is 42.3 Å². The SMILES string of the molecule is CC[C@H](C)[C@H](NC(=O)[C@H](CC(C)C)NC(=O)[C@@H](N)CCCCN)C(=O)N[C@@H](CO)C(=O)N[C@@H](CCC(=O)O)C(=O)N[C@@H](CCC(=O)O)C(=O)N[C@@H](CC(=O)O)C(=O)N[C@@H](CC(C)C)C(=O)O. The number of carboxylic acid groups (broad SMARTS) is 4. The van der Waals surface area contributed by atoms with E-state index in [4.69, 9.17) is 11.5 Å². The molecule has 25 heteroatoms. The smallest absolute Gasteiger partial charge is 0.326 e. The molecule has 0 aromatic heterocycles. The van der Waals surface area contributed by atoms with Crippen LogP contribution < -0.4 is 48.7 Å². The second kappa shape index (κ2) is 31.1. The van der Waals surface area contributed by atoms with Crippen molar-refractivity contribution in [1.82, 2.24) is 37.2 Å². The summed E-state index contributed by atoms with van der Waals surface area (Å²) in [5.74, 6) is -14.2. The molecule has 0 aliphatic rings. The number of unbranched alkanes of at least 4 members (excludes halogenated alkanes) is 1. The Bertz CT molecular complexity index is 1680. The lowest BCUT2D eigenvalue weighted by Gasteiger charge is -2.29. The zero-order valence-corrected chi connectivity index (χ0v) is 38.4. The first-order chi connectivity index (χ1) is 30.8. The van der Waals surface area contributed by atoms with Crippen molar-refractivity contribution >= 4 is 65.2 Å². The first kappa shape index (κ1) is 60.1. The average molecular weight is 946 g/mol. The van der Waals surface area contributed by atoms with Gasteiger partial charge in [0.25, 0.3) is 0 Å². The summed E-state index contributed by atoms with van der Waals surface area (Å²) in [6, 6.07) is -12.3. The first-order valence-electron chi connectivity index (χ1n) is 21.8. The fourth-order valence-corrected chi connectivity index (χ4v) is 6.27. The molecule has 0 spiro atoms. The van der Waals surface area contributed by atoms with E-state index < -0.39 is 158 Å². The number of aliphatic hydroxyl groups excluding tert-OH is 1. The maximum atomic E-state index is 13.7. The van der Waals surface area contributed by atoms with Crippen molar-refractivity contribution in [3.63, 3.8) is 0 Å². The Morgan fingerprint density at radius 3 is 1.32 bits per heavy atom. The zero-order chi connectivity index (χ0) is 50.8. The van der Waals surface area contributed by atoms with Gasteiger partial charge in [-0.3, -0.25) is 47.9 Å². The van der Waals surface area contributed by atoms with E-state index in [2.05, 4.69) is 37.2 Å². The molecule has 16 N–H and O–H groups in total. The molecule has 0 saturated carbocycles. The van der Waals surface area contributed by atoms with Crippen molar-refractivity contribution in [3.8, 4) is 0 Å². The van der Waals surface area contributed by atoms with Gasteiger partial charge in [0.2, 0.25) is 41.4 Å².